The number of fused-ring (bicyclic) bond motifs is 2. The minimum atomic E-state index is -3.30. The van der Waals surface area contributed by atoms with Crippen molar-refractivity contribution in [2.75, 3.05) is 30.5 Å². The van der Waals surface area contributed by atoms with Gasteiger partial charge in [0.15, 0.2) is 21.3 Å². The third kappa shape index (κ3) is 5.51. The molecule has 0 fully saturated rings. The molecule has 214 valence electrons. The van der Waals surface area contributed by atoms with Gasteiger partial charge in [-0.3, -0.25) is 0 Å². The van der Waals surface area contributed by atoms with Crippen molar-refractivity contribution in [1.29, 1.82) is 0 Å². The molecule has 0 bridgehead atoms. The molecule has 2 aliphatic rings. The Balaban J connectivity index is 1.65. The van der Waals surface area contributed by atoms with Crippen molar-refractivity contribution in [2.24, 2.45) is 0 Å². The molecule has 9 heteroatoms. The van der Waals surface area contributed by atoms with Gasteiger partial charge in [-0.2, -0.15) is 4.58 Å². The van der Waals surface area contributed by atoms with Gasteiger partial charge in [-0.25, -0.2) is 8.42 Å². The maximum absolute atomic E-state index is 12.2. The first kappa shape index (κ1) is 30.4. The van der Waals surface area contributed by atoms with E-state index in [1.807, 2.05) is 36.4 Å². The van der Waals surface area contributed by atoms with Crippen LogP contribution in [0.1, 0.15) is 52.7 Å². The molecule has 0 aromatic heterocycles. The number of nitrogens with zero attached hydrogens (tertiary/aromatic N) is 2. The number of likely N-dealkylation sites (N-methyl/N-ethyl adjacent to an activating group) is 1. The van der Waals surface area contributed by atoms with Crippen LogP contribution in [0.25, 0.3) is 0 Å². The van der Waals surface area contributed by atoms with Crippen molar-refractivity contribution in [1.82, 2.24) is 0 Å². The van der Waals surface area contributed by atoms with E-state index >= 15 is 0 Å². The summed E-state index contributed by atoms with van der Waals surface area (Å²) in [7, 11) is -3.30. The van der Waals surface area contributed by atoms with Crippen LogP contribution in [0.15, 0.2) is 76.3 Å². The van der Waals surface area contributed by atoms with E-state index in [0.29, 0.717) is 15.7 Å². The highest BCUT2D eigenvalue weighted by molar-refractivity contribution is 7.93. The monoisotopic (exact) mass is 601 g/mol. The van der Waals surface area contributed by atoms with Crippen molar-refractivity contribution in [2.45, 2.75) is 57.3 Å². The van der Waals surface area contributed by atoms with Crippen molar-refractivity contribution in [3.05, 3.63) is 82.6 Å². The lowest BCUT2D eigenvalue weighted by Gasteiger charge is -2.25. The third-order valence-electron chi connectivity index (χ3n) is 7.79. The number of hydrogen-bond acceptors (Lipinski definition) is 6. The van der Waals surface area contributed by atoms with Crippen molar-refractivity contribution >= 4 is 50.6 Å². The van der Waals surface area contributed by atoms with Gasteiger partial charge in [0.25, 0.3) is 0 Å². The average molecular weight is 602 g/mol. The maximum atomic E-state index is 12.2. The van der Waals surface area contributed by atoms with Gasteiger partial charge < -0.3 is 9.79 Å². The van der Waals surface area contributed by atoms with Gasteiger partial charge in [-0.05, 0) is 81.8 Å². The number of sulfone groups is 1. The Labute approximate surface area is 248 Å². The van der Waals surface area contributed by atoms with Gasteiger partial charge in [0.2, 0.25) is 5.69 Å². The van der Waals surface area contributed by atoms with E-state index in [9.17, 15) is 8.42 Å². The summed E-state index contributed by atoms with van der Waals surface area (Å²) in [5.41, 5.74) is 5.89. The summed E-state index contributed by atoms with van der Waals surface area (Å²) in [6, 6.07) is 11.4. The Bertz CT molecular complexity index is 1550. The first-order valence-electron chi connectivity index (χ1n) is 13.3. The lowest BCUT2D eigenvalue weighted by atomic mass is 9.81. The summed E-state index contributed by atoms with van der Waals surface area (Å²) in [6.45, 7) is 14.4. The lowest BCUT2D eigenvalue weighted by molar-refractivity contribution is -0.433. The van der Waals surface area contributed by atoms with Gasteiger partial charge in [-0.15, -0.1) is 4.33 Å². The molecule has 2 aliphatic heterocycles. The zero-order valence-corrected chi connectivity index (χ0v) is 26.8. The predicted octanol–water partition coefficient (Wildman–Crippen LogP) is 7.46. The molecule has 0 amide bonds. The molecule has 0 N–H and O–H groups in total. The van der Waals surface area contributed by atoms with E-state index in [2.05, 4.69) is 63.2 Å². The van der Waals surface area contributed by atoms with Crippen LogP contribution >= 0.6 is 23.6 Å². The van der Waals surface area contributed by atoms with E-state index in [1.54, 1.807) is 18.4 Å². The molecule has 0 unspecified atom stereocenters. The number of anilines is 1. The highest BCUT2D eigenvalue weighted by atomic mass is 35.5. The molecule has 40 heavy (non-hydrogen) atoms. The summed E-state index contributed by atoms with van der Waals surface area (Å²) in [5, 5.41) is 0.597. The van der Waals surface area contributed by atoms with Crippen molar-refractivity contribution in [3.8, 4) is 5.75 Å². The summed E-state index contributed by atoms with van der Waals surface area (Å²) in [6.07, 6.45) is 11.0. The second kappa shape index (κ2) is 11.4. The maximum Gasteiger partial charge on any atom is 0.210 e. The predicted molar refractivity (Wildman–Crippen MR) is 167 cm³/mol. The second-order valence-corrected chi connectivity index (χ2v) is 13.9. The largest absolute Gasteiger partial charge is 0.344 e. The molecule has 0 saturated carbocycles. The normalized spacial score (nSPS) is 19.1. The van der Waals surface area contributed by atoms with Crippen LogP contribution in [0.5, 0.6) is 5.75 Å². The Hall–Kier alpha value is -2.52. The van der Waals surface area contributed by atoms with E-state index < -0.39 is 9.84 Å². The molecular weight excluding hydrogens is 564 g/mol. The van der Waals surface area contributed by atoms with E-state index in [1.165, 1.54) is 6.26 Å². The van der Waals surface area contributed by atoms with E-state index in [0.717, 1.165) is 59.0 Å². The smallest absolute Gasteiger partial charge is 0.210 e. The molecule has 0 aliphatic carbocycles. The summed E-state index contributed by atoms with van der Waals surface area (Å²) in [4.78, 5) is 7.94. The quantitative estimate of drug-likeness (QED) is 0.0978. The van der Waals surface area contributed by atoms with Crippen LogP contribution in [-0.2, 0) is 25.0 Å². The fourth-order valence-corrected chi connectivity index (χ4v) is 6.64. The van der Waals surface area contributed by atoms with Crippen LogP contribution in [0.2, 0.25) is 0 Å². The van der Waals surface area contributed by atoms with Gasteiger partial charge in [0.1, 0.15) is 6.54 Å². The standard InChI is InChI=1S/C31H38ClN2O4S2/c1-9-33-26-15-13-22(37-38-39-7)19-24(26)30(3,4)28(33)17-11-21(32)12-18-29-31(5,6)25-20-23(40(8,35)36)14-16-27(25)34(29)10-2/h11-20H,9-10H2,1-8H3/q+1. The first-order chi connectivity index (χ1) is 18.8. The SMILES string of the molecule is CCN1C(=CC=C(Cl)C=CC2=[N+](CC)c3ccc(OOSC)cc3C2(C)C)C(C)(C)c2cc(S(C)(=O)=O)ccc21. The first-order valence-corrected chi connectivity index (χ1v) is 16.7. The summed E-state index contributed by atoms with van der Waals surface area (Å²) in [5.74, 6) is 0.663. The molecule has 4 rings (SSSR count). The Morgan fingerprint density at radius 1 is 1.07 bits per heavy atom. The molecular formula is C31H38ClN2O4S2+. The number of halogens is 1. The van der Waals surface area contributed by atoms with Crippen molar-refractivity contribution in [3.63, 3.8) is 0 Å². The van der Waals surface area contributed by atoms with Crippen LogP contribution in [0.3, 0.4) is 0 Å². The zero-order valence-electron chi connectivity index (χ0n) is 24.4. The Morgan fingerprint density at radius 3 is 2.42 bits per heavy atom. The topological polar surface area (TPSA) is 58.9 Å². The molecule has 0 radical (unpaired) electrons. The highest BCUT2D eigenvalue weighted by Gasteiger charge is 2.44. The Kier molecular flexibility index (Phi) is 8.67. The second-order valence-electron chi connectivity index (χ2n) is 11.0. The van der Waals surface area contributed by atoms with Crippen molar-refractivity contribution < 1.29 is 22.2 Å². The minimum absolute atomic E-state index is 0.262. The minimum Gasteiger partial charge on any atom is -0.344 e. The molecule has 0 saturated heterocycles. The molecule has 0 atom stereocenters. The fraction of sp³-hybridized carbons (Fsp3) is 0.387. The fourth-order valence-electron chi connectivity index (χ4n) is 5.72. The van der Waals surface area contributed by atoms with Gasteiger partial charge in [-0.1, -0.05) is 25.4 Å². The summed E-state index contributed by atoms with van der Waals surface area (Å²) >= 11 is 7.91. The van der Waals surface area contributed by atoms with Gasteiger partial charge >= 0.3 is 0 Å². The van der Waals surface area contributed by atoms with E-state index in [4.69, 9.17) is 20.8 Å². The highest BCUT2D eigenvalue weighted by Crippen LogP contribution is 2.48. The van der Waals surface area contributed by atoms with Crippen LogP contribution < -0.4 is 9.79 Å². The number of rotatable bonds is 9. The number of allylic oxidation sites excluding steroid dienone is 6. The third-order valence-corrected chi connectivity index (χ3v) is 9.35. The Morgan fingerprint density at radius 2 is 1.80 bits per heavy atom. The molecule has 2 aromatic rings. The van der Waals surface area contributed by atoms with Gasteiger partial charge in [0.05, 0.1) is 10.3 Å². The molecule has 6 nitrogen and oxygen atoms in total. The number of benzene rings is 2. The molecule has 0 spiro atoms. The number of hydrogen-bond donors (Lipinski definition) is 0. The molecule has 2 aromatic carbocycles. The van der Waals surface area contributed by atoms with E-state index in [-0.39, 0.29) is 10.8 Å². The lowest BCUT2D eigenvalue weighted by Crippen LogP contribution is -2.27. The van der Waals surface area contributed by atoms with Crippen LogP contribution in [0.4, 0.5) is 11.4 Å². The summed E-state index contributed by atoms with van der Waals surface area (Å²) < 4.78 is 31.8. The van der Waals surface area contributed by atoms with Gasteiger partial charge in [0, 0.05) is 70.6 Å². The molecule has 2 heterocycles. The zero-order chi connectivity index (χ0) is 29.5. The van der Waals surface area contributed by atoms with Crippen LogP contribution in [0, 0.1) is 0 Å². The average Bonchev–Trinajstić information content (AvgIpc) is 3.26. The van der Waals surface area contributed by atoms with Crippen LogP contribution in [-0.4, -0.2) is 44.3 Å².